The maximum Gasteiger partial charge on any atom is 0.179 e. The monoisotopic (exact) mass is 257 g/mol. The largest absolute Gasteiger partial charge is 0.329 e. The van der Waals surface area contributed by atoms with Gasteiger partial charge in [-0.2, -0.15) is 10.2 Å². The van der Waals surface area contributed by atoms with E-state index < -0.39 is 0 Å². The molecule has 6 heteroatoms. The van der Waals surface area contributed by atoms with Crippen LogP contribution < -0.4 is 0 Å². The molecule has 90 valence electrons. The van der Waals surface area contributed by atoms with Gasteiger partial charge in [-0.25, -0.2) is 4.98 Å². The van der Waals surface area contributed by atoms with E-state index in [1.54, 1.807) is 6.20 Å². The van der Waals surface area contributed by atoms with Crippen molar-refractivity contribution in [1.29, 1.82) is 0 Å². The zero-order valence-corrected chi connectivity index (χ0v) is 10.6. The number of aromatic nitrogens is 5. The van der Waals surface area contributed by atoms with Gasteiger partial charge in [0, 0.05) is 12.4 Å². The zero-order valence-electron chi connectivity index (χ0n) is 9.79. The molecule has 3 aromatic rings. The molecule has 0 bridgehead atoms. The van der Waals surface area contributed by atoms with Gasteiger partial charge in [0.25, 0.3) is 0 Å². The van der Waals surface area contributed by atoms with Crippen molar-refractivity contribution in [3.63, 3.8) is 0 Å². The van der Waals surface area contributed by atoms with Gasteiger partial charge in [-0.1, -0.05) is 0 Å². The predicted octanol–water partition coefficient (Wildman–Crippen LogP) is 2.24. The lowest BCUT2D eigenvalue weighted by Crippen LogP contribution is -2.03. The number of hydrogen-bond donors (Lipinski definition) is 1. The van der Waals surface area contributed by atoms with E-state index >= 15 is 0 Å². The van der Waals surface area contributed by atoms with Crippen molar-refractivity contribution in [2.24, 2.45) is 0 Å². The average molecular weight is 257 g/mol. The molecule has 3 heterocycles. The second kappa shape index (κ2) is 4.30. The summed E-state index contributed by atoms with van der Waals surface area (Å²) in [4.78, 5) is 7.57. The van der Waals surface area contributed by atoms with Crippen LogP contribution in [0, 0.1) is 11.7 Å². The maximum absolute atomic E-state index is 5.31. The minimum atomic E-state index is 0.572. The first-order valence-electron chi connectivity index (χ1n) is 5.56. The van der Waals surface area contributed by atoms with E-state index in [9.17, 15) is 0 Å². The lowest BCUT2D eigenvalue weighted by molar-refractivity contribution is 0.756. The molecular weight excluding hydrogens is 246 g/mol. The third kappa shape index (κ3) is 1.91. The molecule has 0 aliphatic carbocycles. The molecular formula is C12H11N5S. The van der Waals surface area contributed by atoms with Crippen LogP contribution in [-0.2, 0) is 6.54 Å². The van der Waals surface area contributed by atoms with Crippen LogP contribution in [0.3, 0.4) is 0 Å². The summed E-state index contributed by atoms with van der Waals surface area (Å²) in [7, 11) is 0. The number of aryl methyl sites for hydroxylation is 1. The Labute approximate surface area is 109 Å². The van der Waals surface area contributed by atoms with Gasteiger partial charge in [-0.3, -0.25) is 4.57 Å². The van der Waals surface area contributed by atoms with Gasteiger partial charge >= 0.3 is 0 Å². The third-order valence-electron chi connectivity index (χ3n) is 2.69. The van der Waals surface area contributed by atoms with Crippen molar-refractivity contribution >= 4 is 23.4 Å². The second-order valence-corrected chi connectivity index (χ2v) is 4.50. The van der Waals surface area contributed by atoms with Crippen LogP contribution in [0.25, 0.3) is 11.2 Å². The fraction of sp³-hybridized carbons (Fsp3) is 0.167. The molecule has 0 amide bonds. The van der Waals surface area contributed by atoms with Crippen LogP contribution in [0.15, 0.2) is 30.6 Å². The lowest BCUT2D eigenvalue weighted by atomic mass is 10.3. The third-order valence-corrected chi connectivity index (χ3v) is 3.02. The number of pyridine rings is 1. The predicted molar refractivity (Wildman–Crippen MR) is 70.8 cm³/mol. The van der Waals surface area contributed by atoms with E-state index in [-0.39, 0.29) is 0 Å². The highest BCUT2D eigenvalue weighted by Gasteiger charge is 2.07. The molecule has 0 aliphatic rings. The molecule has 0 unspecified atom stereocenters. The average Bonchev–Trinajstić information content (AvgIpc) is 2.66. The van der Waals surface area contributed by atoms with Gasteiger partial charge in [0.15, 0.2) is 10.4 Å². The van der Waals surface area contributed by atoms with Crippen molar-refractivity contribution in [1.82, 2.24) is 24.7 Å². The standard InChI is InChI=1S/C12H11N5S/c1-8-5-10-11(13-6-8)17(12(18)15-10)7-9-3-2-4-14-16-9/h2-6H,7H2,1H3,(H,15,18). The maximum atomic E-state index is 5.31. The molecule has 0 saturated carbocycles. The number of rotatable bonds is 2. The molecule has 5 nitrogen and oxygen atoms in total. The second-order valence-electron chi connectivity index (χ2n) is 4.12. The van der Waals surface area contributed by atoms with Crippen molar-refractivity contribution in [3.8, 4) is 0 Å². The molecule has 0 radical (unpaired) electrons. The first-order chi connectivity index (χ1) is 8.74. The molecule has 18 heavy (non-hydrogen) atoms. The molecule has 3 aromatic heterocycles. The van der Waals surface area contributed by atoms with Crippen molar-refractivity contribution in [3.05, 3.63) is 46.6 Å². The van der Waals surface area contributed by atoms with Gasteiger partial charge < -0.3 is 4.98 Å². The summed E-state index contributed by atoms with van der Waals surface area (Å²) >= 11 is 5.31. The Balaban J connectivity index is 2.12. The summed E-state index contributed by atoms with van der Waals surface area (Å²) < 4.78 is 2.57. The summed E-state index contributed by atoms with van der Waals surface area (Å²) in [5.41, 5.74) is 3.75. The molecule has 0 atom stereocenters. The van der Waals surface area contributed by atoms with Crippen LogP contribution in [0.4, 0.5) is 0 Å². The molecule has 0 spiro atoms. The number of imidazole rings is 1. The van der Waals surface area contributed by atoms with Crippen LogP contribution in [0.2, 0.25) is 0 Å². The van der Waals surface area contributed by atoms with E-state index in [0.29, 0.717) is 11.3 Å². The van der Waals surface area contributed by atoms with E-state index in [1.165, 1.54) is 0 Å². The lowest BCUT2D eigenvalue weighted by Gasteiger charge is -2.02. The first kappa shape index (κ1) is 11.0. The van der Waals surface area contributed by atoms with Crippen LogP contribution in [0.1, 0.15) is 11.3 Å². The van der Waals surface area contributed by atoms with E-state index in [0.717, 1.165) is 22.4 Å². The molecule has 0 fully saturated rings. The smallest absolute Gasteiger partial charge is 0.179 e. The number of hydrogen-bond acceptors (Lipinski definition) is 4. The van der Waals surface area contributed by atoms with Crippen molar-refractivity contribution < 1.29 is 0 Å². The minimum absolute atomic E-state index is 0.572. The molecule has 0 aromatic carbocycles. The Morgan fingerprint density at radius 1 is 1.44 bits per heavy atom. The van der Waals surface area contributed by atoms with E-state index in [1.807, 2.05) is 35.9 Å². The topological polar surface area (TPSA) is 59.4 Å². The van der Waals surface area contributed by atoms with Crippen LogP contribution in [-0.4, -0.2) is 24.7 Å². The van der Waals surface area contributed by atoms with Gasteiger partial charge in [0.1, 0.15) is 0 Å². The van der Waals surface area contributed by atoms with E-state index in [4.69, 9.17) is 12.2 Å². The SMILES string of the molecule is Cc1cnc2c(c1)[nH]c(=S)n2Cc1cccnn1. The fourth-order valence-corrected chi connectivity index (χ4v) is 2.14. The van der Waals surface area contributed by atoms with Crippen molar-refractivity contribution in [2.75, 3.05) is 0 Å². The Morgan fingerprint density at radius 2 is 2.33 bits per heavy atom. The normalized spacial score (nSPS) is 10.9. The fourth-order valence-electron chi connectivity index (χ4n) is 1.87. The summed E-state index contributed by atoms with van der Waals surface area (Å²) in [5, 5.41) is 7.92. The Kier molecular flexibility index (Phi) is 2.64. The first-order valence-corrected chi connectivity index (χ1v) is 5.96. The number of nitrogens with zero attached hydrogens (tertiary/aromatic N) is 4. The molecule has 0 saturated heterocycles. The molecule has 1 N–H and O–H groups in total. The van der Waals surface area contributed by atoms with Gasteiger partial charge in [0.05, 0.1) is 17.8 Å². The van der Waals surface area contributed by atoms with Gasteiger partial charge in [0.2, 0.25) is 0 Å². The Bertz CT molecular complexity index is 744. The molecule has 0 aliphatic heterocycles. The Hall–Kier alpha value is -2.08. The summed E-state index contributed by atoms with van der Waals surface area (Å²) in [6.07, 6.45) is 3.48. The quantitative estimate of drug-likeness (QED) is 0.715. The van der Waals surface area contributed by atoms with Gasteiger partial charge in [-0.05, 0) is 42.9 Å². The highest BCUT2D eigenvalue weighted by molar-refractivity contribution is 7.71. The summed E-state index contributed by atoms with van der Waals surface area (Å²) in [6.45, 7) is 2.58. The van der Waals surface area contributed by atoms with Crippen LogP contribution >= 0.6 is 12.2 Å². The zero-order chi connectivity index (χ0) is 12.5. The van der Waals surface area contributed by atoms with Crippen LogP contribution in [0.5, 0.6) is 0 Å². The summed E-state index contributed by atoms with van der Waals surface area (Å²) in [6, 6.07) is 5.81. The number of H-pyrrole nitrogens is 1. The van der Waals surface area contributed by atoms with E-state index in [2.05, 4.69) is 20.2 Å². The summed E-state index contributed by atoms with van der Waals surface area (Å²) in [5.74, 6) is 0. The Morgan fingerprint density at radius 3 is 3.11 bits per heavy atom. The van der Waals surface area contributed by atoms with Crippen molar-refractivity contribution in [2.45, 2.75) is 13.5 Å². The van der Waals surface area contributed by atoms with Gasteiger partial charge in [-0.15, -0.1) is 0 Å². The number of aromatic amines is 1. The number of fused-ring (bicyclic) bond motifs is 1. The minimum Gasteiger partial charge on any atom is -0.329 e. The highest BCUT2D eigenvalue weighted by Crippen LogP contribution is 2.14. The highest BCUT2D eigenvalue weighted by atomic mass is 32.1. The number of nitrogens with one attached hydrogen (secondary N) is 1. The molecule has 3 rings (SSSR count).